The minimum atomic E-state index is -4.66. The van der Waals surface area contributed by atoms with Gasteiger partial charge in [-0.15, -0.1) is 0 Å². The van der Waals surface area contributed by atoms with E-state index in [2.05, 4.69) is 25.6 Å². The molecule has 1 N–H and O–H groups in total. The minimum absolute atomic E-state index is 0.0655. The Morgan fingerprint density at radius 3 is 2.44 bits per heavy atom. The highest BCUT2D eigenvalue weighted by Crippen LogP contribution is 2.40. The number of pyridine rings is 1. The van der Waals surface area contributed by atoms with Crippen molar-refractivity contribution >= 4 is 43.4 Å². The third kappa shape index (κ3) is 7.10. The van der Waals surface area contributed by atoms with E-state index in [1.807, 2.05) is 11.9 Å². The molecule has 1 aliphatic heterocycles. The summed E-state index contributed by atoms with van der Waals surface area (Å²) in [5.74, 6) is 0.666. The number of ether oxygens (including phenoxy) is 3. The first-order valence-electron chi connectivity index (χ1n) is 11.5. The summed E-state index contributed by atoms with van der Waals surface area (Å²) in [5.41, 5.74) is -1.04. The van der Waals surface area contributed by atoms with Gasteiger partial charge in [-0.2, -0.15) is 13.2 Å². The van der Waals surface area contributed by atoms with Crippen molar-refractivity contribution in [1.29, 1.82) is 0 Å². The van der Waals surface area contributed by atoms with Crippen LogP contribution in [0.2, 0.25) is 0 Å². The SMILES string of the molecule is COc1ccc(Sc2ncc(S(=O)(=O)Nc3ccc(C(F)(F)F)c(OC4CCN(C)C4)c3)cc2Br)cc1OC. The van der Waals surface area contributed by atoms with E-state index in [4.69, 9.17) is 14.2 Å². The van der Waals surface area contributed by atoms with Crippen molar-refractivity contribution < 1.29 is 35.8 Å². The molecule has 0 radical (unpaired) electrons. The normalized spacial score (nSPS) is 16.2. The predicted octanol–water partition coefficient (Wildman–Crippen LogP) is 5.92. The molecule has 0 bridgehead atoms. The van der Waals surface area contributed by atoms with Crippen LogP contribution in [0, 0.1) is 0 Å². The smallest absolute Gasteiger partial charge is 0.419 e. The van der Waals surface area contributed by atoms with Crippen molar-refractivity contribution in [3.8, 4) is 17.2 Å². The second-order valence-electron chi connectivity index (χ2n) is 8.68. The van der Waals surface area contributed by atoms with Crippen molar-refractivity contribution in [3.63, 3.8) is 0 Å². The maximum Gasteiger partial charge on any atom is 0.419 e. The number of benzene rings is 2. The molecule has 1 unspecified atom stereocenters. The van der Waals surface area contributed by atoms with Gasteiger partial charge in [0.1, 0.15) is 21.8 Å². The van der Waals surface area contributed by atoms with Crippen LogP contribution in [0.1, 0.15) is 12.0 Å². The summed E-state index contributed by atoms with van der Waals surface area (Å²) in [6.07, 6.45) is -3.35. The van der Waals surface area contributed by atoms with Crippen molar-refractivity contribution in [2.75, 3.05) is 39.1 Å². The van der Waals surface area contributed by atoms with Gasteiger partial charge in [-0.25, -0.2) is 13.4 Å². The first kappa shape index (κ1) is 29.3. The molecular formula is C25H25BrF3N3O5S2. The molecule has 1 atom stereocenters. The third-order valence-corrected chi connectivity index (χ3v) is 9.07. The highest BCUT2D eigenvalue weighted by molar-refractivity contribution is 9.10. The quantitative estimate of drug-likeness (QED) is 0.306. The zero-order chi connectivity index (χ0) is 28.4. The van der Waals surface area contributed by atoms with Gasteiger partial charge in [-0.3, -0.25) is 4.72 Å². The van der Waals surface area contributed by atoms with E-state index >= 15 is 0 Å². The number of hydrogen-bond acceptors (Lipinski definition) is 8. The second-order valence-corrected chi connectivity index (χ2v) is 12.3. The Morgan fingerprint density at radius 1 is 1.08 bits per heavy atom. The number of anilines is 1. The molecule has 1 aliphatic rings. The van der Waals surface area contributed by atoms with Crippen LogP contribution in [0.4, 0.5) is 18.9 Å². The number of aromatic nitrogens is 1. The fourth-order valence-corrected chi connectivity index (χ4v) is 6.47. The predicted molar refractivity (Wildman–Crippen MR) is 144 cm³/mol. The minimum Gasteiger partial charge on any atom is -0.493 e. The van der Waals surface area contributed by atoms with E-state index in [1.54, 1.807) is 18.2 Å². The molecule has 0 amide bonds. The average Bonchev–Trinajstić information content (AvgIpc) is 3.28. The van der Waals surface area contributed by atoms with E-state index in [1.165, 1.54) is 38.2 Å². The second kappa shape index (κ2) is 11.8. The maximum atomic E-state index is 13.6. The number of nitrogens with zero attached hydrogens (tertiary/aromatic N) is 2. The number of methoxy groups -OCH3 is 2. The van der Waals surface area contributed by atoms with Gasteiger partial charge in [0.05, 0.1) is 29.9 Å². The molecule has 2 heterocycles. The number of likely N-dealkylation sites (N-methyl/N-ethyl adjacent to an activating group) is 1. The molecular weight excluding hydrogens is 623 g/mol. The molecule has 210 valence electrons. The van der Waals surface area contributed by atoms with E-state index < -0.39 is 33.6 Å². The zero-order valence-corrected chi connectivity index (χ0v) is 24.3. The summed E-state index contributed by atoms with van der Waals surface area (Å²) in [6.45, 7) is 1.17. The van der Waals surface area contributed by atoms with Crippen LogP contribution in [0.15, 0.2) is 68.0 Å². The lowest BCUT2D eigenvalue weighted by molar-refractivity contribution is -0.139. The number of likely N-dealkylation sites (tertiary alicyclic amines) is 1. The summed E-state index contributed by atoms with van der Waals surface area (Å²) in [6, 6.07) is 9.60. The van der Waals surface area contributed by atoms with Crippen molar-refractivity contribution in [2.45, 2.75) is 33.5 Å². The standard InChI is InChI=1S/C25H25BrF3N3O5S2/c1-32-9-8-16(14-32)37-22-10-15(4-6-19(22)25(27,28)29)31-39(33,34)18-12-20(26)24(30-13-18)38-17-5-7-21(35-2)23(11-17)36-3/h4-7,10-13,16,31H,8-9,14H2,1-3H3. The summed E-state index contributed by atoms with van der Waals surface area (Å²) < 4.78 is 85.9. The molecule has 4 rings (SSSR count). The Bertz CT molecular complexity index is 1460. The van der Waals surface area contributed by atoms with Gasteiger partial charge in [0.15, 0.2) is 11.5 Å². The zero-order valence-electron chi connectivity index (χ0n) is 21.1. The molecule has 8 nitrogen and oxygen atoms in total. The Hall–Kier alpha value is -2.68. The third-order valence-electron chi connectivity index (χ3n) is 5.84. The fraction of sp³-hybridized carbons (Fsp3) is 0.320. The van der Waals surface area contributed by atoms with Gasteiger partial charge in [0.25, 0.3) is 10.0 Å². The first-order chi connectivity index (χ1) is 18.4. The summed E-state index contributed by atoms with van der Waals surface area (Å²) in [5, 5.41) is 0.493. The maximum absolute atomic E-state index is 13.6. The monoisotopic (exact) mass is 647 g/mol. The molecule has 1 aromatic heterocycles. The van der Waals surface area contributed by atoms with Crippen LogP contribution in [0.3, 0.4) is 0 Å². The lowest BCUT2D eigenvalue weighted by Crippen LogP contribution is -2.23. The molecule has 1 saturated heterocycles. The van der Waals surface area contributed by atoms with Gasteiger partial charge >= 0.3 is 6.18 Å². The number of rotatable bonds is 9. The van der Waals surface area contributed by atoms with E-state index in [-0.39, 0.29) is 10.6 Å². The summed E-state index contributed by atoms with van der Waals surface area (Å²) in [7, 11) is 0.721. The molecule has 3 aromatic rings. The van der Waals surface area contributed by atoms with Gasteiger partial charge in [-0.1, -0.05) is 11.8 Å². The molecule has 1 fully saturated rings. The summed E-state index contributed by atoms with van der Waals surface area (Å²) >= 11 is 4.63. The van der Waals surface area contributed by atoms with Gasteiger partial charge in [0, 0.05) is 30.2 Å². The van der Waals surface area contributed by atoms with E-state index in [0.717, 1.165) is 23.1 Å². The largest absolute Gasteiger partial charge is 0.493 e. The highest BCUT2D eigenvalue weighted by Gasteiger charge is 2.36. The van der Waals surface area contributed by atoms with E-state index in [9.17, 15) is 21.6 Å². The van der Waals surface area contributed by atoms with Crippen LogP contribution in [-0.4, -0.2) is 58.8 Å². The Kier molecular flexibility index (Phi) is 8.88. The van der Waals surface area contributed by atoms with Crippen molar-refractivity contribution in [1.82, 2.24) is 9.88 Å². The lowest BCUT2D eigenvalue weighted by Gasteiger charge is -2.19. The first-order valence-corrected chi connectivity index (χ1v) is 14.6. The molecule has 2 aromatic carbocycles. The molecule has 0 saturated carbocycles. The fourth-order valence-electron chi connectivity index (χ4n) is 3.92. The van der Waals surface area contributed by atoms with Crippen molar-refractivity contribution in [2.24, 2.45) is 0 Å². The molecule has 39 heavy (non-hydrogen) atoms. The van der Waals surface area contributed by atoms with Crippen LogP contribution in [-0.2, 0) is 16.2 Å². The number of sulfonamides is 1. The lowest BCUT2D eigenvalue weighted by atomic mass is 10.1. The summed E-state index contributed by atoms with van der Waals surface area (Å²) in [4.78, 5) is 6.82. The number of halogens is 4. The Morgan fingerprint density at radius 2 is 1.82 bits per heavy atom. The van der Waals surface area contributed by atoms with Gasteiger partial charge in [0.2, 0.25) is 0 Å². The number of alkyl halides is 3. The average molecular weight is 649 g/mol. The van der Waals surface area contributed by atoms with Crippen molar-refractivity contribution in [3.05, 3.63) is 58.7 Å². The van der Waals surface area contributed by atoms with Gasteiger partial charge < -0.3 is 19.1 Å². The number of nitrogens with one attached hydrogen (secondary N) is 1. The Labute approximate surface area is 237 Å². The number of hydrogen-bond donors (Lipinski definition) is 1. The highest BCUT2D eigenvalue weighted by atomic mass is 79.9. The van der Waals surface area contributed by atoms with Crippen LogP contribution < -0.4 is 18.9 Å². The topological polar surface area (TPSA) is 90.0 Å². The molecule has 14 heteroatoms. The van der Waals surface area contributed by atoms with Crippen LogP contribution >= 0.6 is 27.7 Å². The van der Waals surface area contributed by atoms with Gasteiger partial charge in [-0.05, 0) is 65.8 Å². The molecule has 0 spiro atoms. The molecule has 0 aliphatic carbocycles. The van der Waals surface area contributed by atoms with Crippen LogP contribution in [0.5, 0.6) is 17.2 Å². The van der Waals surface area contributed by atoms with Crippen LogP contribution in [0.25, 0.3) is 0 Å². The van der Waals surface area contributed by atoms with E-state index in [0.29, 0.717) is 40.5 Å². The Balaban J connectivity index is 1.55.